The van der Waals surface area contributed by atoms with E-state index in [-0.39, 0.29) is 69.5 Å². The van der Waals surface area contributed by atoms with Crippen molar-refractivity contribution < 1.29 is 47.0 Å². The van der Waals surface area contributed by atoms with Crippen LogP contribution in [0, 0.1) is 12.3 Å². The number of hydrogen-bond donors (Lipinski definition) is 6. The van der Waals surface area contributed by atoms with Gasteiger partial charge < -0.3 is 41.3 Å². The predicted octanol–water partition coefficient (Wildman–Crippen LogP) is 5.79. The van der Waals surface area contributed by atoms with Gasteiger partial charge in [0.1, 0.15) is 18.1 Å². The van der Waals surface area contributed by atoms with Crippen molar-refractivity contribution in [2.24, 2.45) is 5.41 Å². The Labute approximate surface area is 449 Å². The lowest BCUT2D eigenvalue weighted by molar-refractivity contribution is -0.144. The van der Waals surface area contributed by atoms with Gasteiger partial charge in [0, 0.05) is 62.2 Å². The van der Waals surface area contributed by atoms with Crippen LogP contribution in [0.25, 0.3) is 21.7 Å². The Morgan fingerprint density at radius 2 is 1.49 bits per heavy atom. The van der Waals surface area contributed by atoms with Gasteiger partial charge >= 0.3 is 0 Å². The van der Waals surface area contributed by atoms with Gasteiger partial charge in [0.15, 0.2) is 5.13 Å². The molecular formula is C54H63N9O10S3. The predicted molar refractivity (Wildman–Crippen MR) is 290 cm³/mol. The van der Waals surface area contributed by atoms with Crippen molar-refractivity contribution in [1.29, 1.82) is 0 Å². The van der Waals surface area contributed by atoms with Crippen LogP contribution < -0.4 is 26.6 Å². The Hall–Kier alpha value is -7.11. The van der Waals surface area contributed by atoms with Crippen molar-refractivity contribution in [1.82, 2.24) is 40.1 Å². The molecule has 402 valence electrons. The van der Waals surface area contributed by atoms with Crippen molar-refractivity contribution in [3.05, 3.63) is 136 Å². The second-order valence-corrected chi connectivity index (χ2v) is 23.3. The number of aliphatic hydroxyl groups is 1. The minimum absolute atomic E-state index is 0.0333. The van der Waals surface area contributed by atoms with Crippen molar-refractivity contribution in [2.45, 2.75) is 104 Å². The number of anilines is 1. The Bertz CT molecular complexity index is 3100. The molecule has 1 fully saturated rings. The third kappa shape index (κ3) is 15.7. The van der Waals surface area contributed by atoms with E-state index in [0.717, 1.165) is 54.8 Å². The number of unbranched alkanes of at least 4 members (excludes halogenated alkanes) is 1. The molecule has 0 spiro atoms. The monoisotopic (exact) mass is 1090 g/mol. The van der Waals surface area contributed by atoms with Gasteiger partial charge in [-0.2, -0.15) is 0 Å². The zero-order chi connectivity index (χ0) is 54.6. The number of aromatic nitrogens is 3. The van der Waals surface area contributed by atoms with Crippen molar-refractivity contribution in [2.75, 3.05) is 24.7 Å². The molecule has 0 saturated carbocycles. The molecule has 2 unspecified atom stereocenters. The number of ether oxygens (including phenoxy) is 1. The Morgan fingerprint density at radius 3 is 2.13 bits per heavy atom. The Balaban J connectivity index is 0.832. The van der Waals surface area contributed by atoms with E-state index >= 15 is 0 Å². The molecule has 19 nitrogen and oxygen atoms in total. The van der Waals surface area contributed by atoms with E-state index in [1.54, 1.807) is 22.2 Å². The average Bonchev–Trinajstić information content (AvgIpc) is 4.24. The smallest absolute Gasteiger partial charge is 0.253 e. The maximum absolute atomic E-state index is 14.1. The highest BCUT2D eigenvalue weighted by Gasteiger charge is 2.44. The van der Waals surface area contributed by atoms with Crippen LogP contribution in [0.4, 0.5) is 5.13 Å². The molecule has 4 atom stereocenters. The number of aliphatic hydroxyl groups excluding tert-OH is 1. The number of thiazole rings is 2. The number of nitrogens with one attached hydrogen (secondary N) is 5. The maximum atomic E-state index is 14.1. The molecule has 6 amide bonds. The lowest BCUT2D eigenvalue weighted by Crippen LogP contribution is -2.57. The first kappa shape index (κ1) is 56.6. The standard InChI is InChI=1S/C54H63N9O10S3/c1-34-47(75-33-57-34)39-21-19-36(20-22-39)27-56-51(69)44-25-41(64)29-63(44)52(70)48(54(2,3)4)60-46(66)14-10-9-13-45(65)55-26-35-15-17-37(18-16-35)30-73-31-42(58-49(67)40-23-24-62(28-40)76(5,71)72)50(68)61-53-59-43(32-74-53)38-11-7-6-8-12-38/h6-8,11-12,15-24,28,32-33,41-42,44,48,64H,9-10,13-14,25-27,29-31H2,1-5H3,(H,55,65)(H,56,69)(H,58,67)(H,60,66)(H,59,61,68)/t41-,42?,44+,48?/m1/s1. The van der Waals surface area contributed by atoms with Gasteiger partial charge in [0.05, 0.1) is 52.9 Å². The summed E-state index contributed by atoms with van der Waals surface area (Å²) in [4.78, 5) is 91.6. The second kappa shape index (κ2) is 25.6. The lowest BCUT2D eigenvalue weighted by atomic mass is 9.85. The molecule has 6 aromatic rings. The van der Waals surface area contributed by atoms with Gasteiger partial charge in [-0.1, -0.05) is 99.6 Å². The summed E-state index contributed by atoms with van der Waals surface area (Å²) in [6, 6.07) is 22.8. The number of hydrogen-bond acceptors (Lipinski definition) is 14. The number of carbonyl (C=O) groups is 6. The van der Waals surface area contributed by atoms with Crippen molar-refractivity contribution in [3.63, 3.8) is 0 Å². The van der Waals surface area contributed by atoms with E-state index < -0.39 is 63.3 Å². The maximum Gasteiger partial charge on any atom is 0.253 e. The molecule has 1 saturated heterocycles. The SMILES string of the molecule is Cc1ncsc1-c1ccc(CNC(=O)[C@@H]2C[C@@H](O)CN2C(=O)C(NC(=O)CCCCC(=O)NCc2ccc(COCC(NC(=O)c3ccn(S(C)(=O)=O)c3)C(=O)Nc3nc(-c4ccccc4)cs3)cc2)C(C)(C)C)cc1. The van der Waals surface area contributed by atoms with E-state index in [9.17, 15) is 42.3 Å². The molecule has 0 bridgehead atoms. The van der Waals surface area contributed by atoms with Gasteiger partial charge in [0.2, 0.25) is 33.7 Å². The fraction of sp³-hybridized carbons (Fsp3) is 0.370. The highest BCUT2D eigenvalue weighted by molar-refractivity contribution is 7.89. The van der Waals surface area contributed by atoms with E-state index in [1.807, 2.05) is 107 Å². The molecule has 1 aliphatic rings. The number of benzene rings is 3. The van der Waals surface area contributed by atoms with Gasteiger partial charge in [-0.05, 0) is 53.5 Å². The molecule has 0 aliphatic carbocycles. The van der Waals surface area contributed by atoms with E-state index in [4.69, 9.17) is 4.74 Å². The lowest BCUT2D eigenvalue weighted by Gasteiger charge is -2.35. The number of rotatable bonds is 23. The van der Waals surface area contributed by atoms with Crippen LogP contribution in [0.3, 0.4) is 0 Å². The highest BCUT2D eigenvalue weighted by Crippen LogP contribution is 2.29. The molecule has 3 aromatic carbocycles. The van der Waals surface area contributed by atoms with Gasteiger partial charge in [-0.15, -0.1) is 22.7 Å². The molecular weight excluding hydrogens is 1030 g/mol. The molecule has 76 heavy (non-hydrogen) atoms. The second-order valence-electron chi connectivity index (χ2n) is 19.7. The van der Waals surface area contributed by atoms with Crippen molar-refractivity contribution in [3.8, 4) is 21.7 Å². The Kier molecular flexibility index (Phi) is 19.1. The molecule has 0 radical (unpaired) electrons. The zero-order valence-corrected chi connectivity index (χ0v) is 45.4. The summed E-state index contributed by atoms with van der Waals surface area (Å²) >= 11 is 2.78. The summed E-state index contributed by atoms with van der Waals surface area (Å²) in [5.41, 5.74) is 7.07. The molecule has 4 heterocycles. The summed E-state index contributed by atoms with van der Waals surface area (Å²) < 4.78 is 30.8. The number of β-amino-alcohol motifs (C(OH)–C–C–N with tert-alkyl or cyclic N) is 1. The quantitative estimate of drug-likeness (QED) is 0.0417. The molecule has 6 N–H and O–H groups in total. The first-order valence-corrected chi connectivity index (χ1v) is 28.3. The highest BCUT2D eigenvalue weighted by atomic mass is 32.2. The molecule has 3 aromatic heterocycles. The van der Waals surface area contributed by atoms with Crippen LogP contribution in [0.2, 0.25) is 0 Å². The molecule has 1 aliphatic heterocycles. The first-order valence-electron chi connectivity index (χ1n) is 24.7. The van der Waals surface area contributed by atoms with Crippen LogP contribution in [-0.2, 0) is 58.4 Å². The van der Waals surface area contributed by atoms with E-state index in [0.29, 0.717) is 23.7 Å². The number of amides is 6. The summed E-state index contributed by atoms with van der Waals surface area (Å²) in [5.74, 6) is -2.68. The topological polar surface area (TPSA) is 260 Å². The summed E-state index contributed by atoms with van der Waals surface area (Å²) in [6.07, 6.45) is 3.63. The van der Waals surface area contributed by atoms with Crippen molar-refractivity contribution >= 4 is 73.3 Å². The molecule has 7 rings (SSSR count). The fourth-order valence-corrected chi connectivity index (χ4v) is 10.5. The van der Waals surface area contributed by atoms with Crippen LogP contribution in [0.15, 0.2) is 108 Å². The van der Waals surface area contributed by atoms with E-state index in [2.05, 4.69) is 36.6 Å². The number of aryl methyl sites for hydroxylation is 1. The number of nitrogens with zero attached hydrogens (tertiary/aromatic N) is 4. The van der Waals surface area contributed by atoms with Gasteiger partial charge in [0.25, 0.3) is 11.8 Å². The van der Waals surface area contributed by atoms with Crippen LogP contribution in [0.1, 0.15) is 85.6 Å². The van der Waals surface area contributed by atoms with Gasteiger partial charge in [-0.3, -0.25) is 32.7 Å². The van der Waals surface area contributed by atoms with Crippen LogP contribution in [0.5, 0.6) is 0 Å². The summed E-state index contributed by atoms with van der Waals surface area (Å²) in [5, 5.41) is 26.8. The number of carbonyl (C=O) groups excluding carboxylic acids is 6. The number of likely N-dealkylation sites (tertiary alicyclic amines) is 1. The van der Waals surface area contributed by atoms with Crippen LogP contribution >= 0.6 is 22.7 Å². The minimum Gasteiger partial charge on any atom is -0.391 e. The van der Waals surface area contributed by atoms with Crippen LogP contribution in [-0.4, -0.2) is 111 Å². The first-order chi connectivity index (χ1) is 36.2. The third-order valence-electron chi connectivity index (χ3n) is 12.6. The van der Waals surface area contributed by atoms with E-state index in [1.165, 1.54) is 28.5 Å². The largest absolute Gasteiger partial charge is 0.391 e. The summed E-state index contributed by atoms with van der Waals surface area (Å²) in [7, 11) is -3.64. The Morgan fingerprint density at radius 1 is 0.829 bits per heavy atom. The minimum atomic E-state index is -3.64. The third-order valence-corrected chi connectivity index (χ3v) is 15.3. The fourth-order valence-electron chi connectivity index (χ4n) is 8.33. The zero-order valence-electron chi connectivity index (χ0n) is 42.9. The normalized spacial score (nSPS) is 15.4. The van der Waals surface area contributed by atoms with Gasteiger partial charge in [-0.25, -0.2) is 18.4 Å². The average molecular weight is 1090 g/mol. The summed E-state index contributed by atoms with van der Waals surface area (Å²) in [6.45, 7) is 7.72. The molecule has 22 heteroatoms.